The molecule has 5 nitrogen and oxygen atoms in total. The molecule has 1 fully saturated rings. The van der Waals surface area contributed by atoms with Gasteiger partial charge in [0, 0.05) is 19.6 Å². The fraction of sp³-hybridized carbons (Fsp3) is 0.500. The second-order valence-corrected chi connectivity index (χ2v) is 6.06. The summed E-state index contributed by atoms with van der Waals surface area (Å²) >= 11 is 12.0. The number of likely N-dealkylation sites (tertiary alicyclic amines) is 1. The van der Waals surface area contributed by atoms with Gasteiger partial charge in [-0.1, -0.05) is 29.3 Å². The van der Waals surface area contributed by atoms with E-state index < -0.39 is 5.97 Å². The van der Waals surface area contributed by atoms with E-state index in [0.29, 0.717) is 42.0 Å². The van der Waals surface area contributed by atoms with Gasteiger partial charge in [-0.3, -0.25) is 4.90 Å². The van der Waals surface area contributed by atoms with E-state index in [1.54, 1.807) is 18.2 Å². The fourth-order valence-corrected chi connectivity index (χ4v) is 2.79. The summed E-state index contributed by atoms with van der Waals surface area (Å²) in [5.74, 6) is -0.461. The number of carbonyl (C=O) groups is 1. The number of ether oxygens (including phenoxy) is 2. The first-order valence-corrected chi connectivity index (χ1v) is 7.30. The molecule has 0 spiro atoms. The number of carboxylic acid groups (broad SMARTS) is 1. The van der Waals surface area contributed by atoms with Crippen LogP contribution in [0.15, 0.2) is 18.2 Å². The van der Waals surface area contributed by atoms with E-state index in [1.165, 1.54) is 0 Å². The molecular weight excluding hydrogens is 317 g/mol. The van der Waals surface area contributed by atoms with Crippen molar-refractivity contribution in [3.05, 3.63) is 28.2 Å². The largest absolute Gasteiger partial charge is 0.489 e. The minimum Gasteiger partial charge on any atom is -0.489 e. The van der Waals surface area contributed by atoms with Crippen LogP contribution in [-0.2, 0) is 9.53 Å². The zero-order valence-electron chi connectivity index (χ0n) is 11.6. The Morgan fingerprint density at radius 3 is 2.57 bits per heavy atom. The van der Waals surface area contributed by atoms with Crippen molar-refractivity contribution in [2.24, 2.45) is 0 Å². The highest BCUT2D eigenvalue weighted by molar-refractivity contribution is 6.37. The Morgan fingerprint density at radius 1 is 1.38 bits per heavy atom. The number of carboxylic acids is 1. The molecule has 0 bridgehead atoms. The highest BCUT2D eigenvalue weighted by Crippen LogP contribution is 2.32. The molecule has 1 N–H and O–H groups in total. The Bertz CT molecular complexity index is 497. The fourth-order valence-electron chi connectivity index (χ4n) is 2.28. The minimum absolute atomic E-state index is 0.268. The zero-order chi connectivity index (χ0) is 15.5. The van der Waals surface area contributed by atoms with E-state index >= 15 is 0 Å². The van der Waals surface area contributed by atoms with Gasteiger partial charge in [-0.05, 0) is 19.1 Å². The molecule has 0 saturated carbocycles. The van der Waals surface area contributed by atoms with Crippen LogP contribution in [0.4, 0.5) is 0 Å². The summed E-state index contributed by atoms with van der Waals surface area (Å²) in [6.45, 7) is 4.15. The molecule has 1 aromatic carbocycles. The van der Waals surface area contributed by atoms with Gasteiger partial charge in [-0.25, -0.2) is 4.79 Å². The van der Waals surface area contributed by atoms with Crippen LogP contribution >= 0.6 is 23.2 Å². The highest BCUT2D eigenvalue weighted by Gasteiger charge is 2.39. The molecule has 0 radical (unpaired) electrons. The summed E-state index contributed by atoms with van der Waals surface area (Å²) in [5.41, 5.74) is -0.388. The zero-order valence-corrected chi connectivity index (χ0v) is 13.2. The van der Waals surface area contributed by atoms with E-state index in [4.69, 9.17) is 37.8 Å². The Kier molecular flexibility index (Phi) is 5.32. The molecule has 0 atom stereocenters. The molecule has 1 heterocycles. The van der Waals surface area contributed by atoms with Gasteiger partial charge in [0.25, 0.3) is 0 Å². The van der Waals surface area contributed by atoms with Crippen molar-refractivity contribution in [3.63, 3.8) is 0 Å². The molecule has 2 rings (SSSR count). The van der Waals surface area contributed by atoms with Crippen LogP contribution in [0.5, 0.6) is 5.75 Å². The van der Waals surface area contributed by atoms with E-state index in [1.807, 2.05) is 6.92 Å². The first kappa shape index (κ1) is 16.4. The van der Waals surface area contributed by atoms with Gasteiger partial charge >= 0.3 is 5.97 Å². The quantitative estimate of drug-likeness (QED) is 0.830. The lowest BCUT2D eigenvalue weighted by atomic mass is 9.96. The molecule has 1 saturated heterocycles. The lowest BCUT2D eigenvalue weighted by Gasteiger charge is -2.47. The normalized spacial score (nSPS) is 17.3. The lowest BCUT2D eigenvalue weighted by molar-refractivity contribution is -0.165. The molecule has 116 valence electrons. The number of rotatable bonds is 7. The third kappa shape index (κ3) is 4.48. The summed E-state index contributed by atoms with van der Waals surface area (Å²) in [4.78, 5) is 12.6. The average molecular weight is 334 g/mol. The summed E-state index contributed by atoms with van der Waals surface area (Å²) in [6, 6.07) is 5.21. The molecule has 1 aliphatic rings. The number of hydrogen-bond donors (Lipinski definition) is 1. The Hall–Kier alpha value is -1.01. The molecule has 0 aromatic heterocycles. The van der Waals surface area contributed by atoms with Gasteiger partial charge < -0.3 is 14.6 Å². The van der Waals surface area contributed by atoms with Crippen LogP contribution in [0.25, 0.3) is 0 Å². The molecule has 0 aliphatic carbocycles. The van der Waals surface area contributed by atoms with E-state index in [-0.39, 0.29) is 12.2 Å². The highest BCUT2D eigenvalue weighted by atomic mass is 35.5. The maximum Gasteiger partial charge on any atom is 0.329 e. The number of hydrogen-bond acceptors (Lipinski definition) is 4. The van der Waals surface area contributed by atoms with Crippen molar-refractivity contribution < 1.29 is 19.4 Å². The van der Waals surface area contributed by atoms with E-state index in [2.05, 4.69) is 4.90 Å². The van der Waals surface area contributed by atoms with Gasteiger partial charge in [0.15, 0.2) is 5.75 Å². The predicted octanol–water partition coefficient (Wildman–Crippen LogP) is 2.55. The molecule has 0 unspecified atom stereocenters. The molecule has 7 heteroatoms. The topological polar surface area (TPSA) is 59.0 Å². The van der Waals surface area contributed by atoms with E-state index in [9.17, 15) is 4.79 Å². The number of aliphatic carboxylic acids is 1. The van der Waals surface area contributed by atoms with Gasteiger partial charge in [-0.2, -0.15) is 0 Å². The summed E-state index contributed by atoms with van der Waals surface area (Å²) < 4.78 is 10.9. The summed E-state index contributed by atoms with van der Waals surface area (Å²) in [6.07, 6.45) is 0. The molecule has 1 aromatic rings. The maximum absolute atomic E-state index is 10.5. The first-order valence-electron chi connectivity index (χ1n) is 6.54. The standard InChI is InChI=1S/C14H17Cl2NO4/c1-14(21-7-12(18)19)8-17(9-14)5-6-20-13-10(15)3-2-4-11(13)16/h2-4H,5-9H2,1H3,(H,18,19). The Labute approximate surface area is 133 Å². The molecular formula is C14H17Cl2NO4. The average Bonchev–Trinajstić information content (AvgIpc) is 2.37. The summed E-state index contributed by atoms with van der Waals surface area (Å²) in [7, 11) is 0. The summed E-state index contributed by atoms with van der Waals surface area (Å²) in [5, 5.41) is 9.57. The number of para-hydroxylation sites is 1. The van der Waals surface area contributed by atoms with Gasteiger partial charge in [0.05, 0.1) is 15.6 Å². The SMILES string of the molecule is CC1(OCC(=O)O)CN(CCOc2c(Cl)cccc2Cl)C1. The third-order valence-corrected chi connectivity index (χ3v) is 3.83. The van der Waals surface area contributed by atoms with Crippen LogP contribution in [0, 0.1) is 0 Å². The van der Waals surface area contributed by atoms with Crippen LogP contribution < -0.4 is 4.74 Å². The Morgan fingerprint density at radius 2 is 2.00 bits per heavy atom. The monoisotopic (exact) mass is 333 g/mol. The molecule has 1 aliphatic heterocycles. The van der Waals surface area contributed by atoms with Crippen molar-refractivity contribution in [1.29, 1.82) is 0 Å². The van der Waals surface area contributed by atoms with Crippen LogP contribution in [-0.4, -0.2) is 54.4 Å². The molecule has 0 amide bonds. The van der Waals surface area contributed by atoms with Crippen molar-refractivity contribution in [2.45, 2.75) is 12.5 Å². The second-order valence-electron chi connectivity index (χ2n) is 5.24. The first-order chi connectivity index (χ1) is 9.89. The van der Waals surface area contributed by atoms with Crippen molar-refractivity contribution in [1.82, 2.24) is 4.90 Å². The smallest absolute Gasteiger partial charge is 0.329 e. The van der Waals surface area contributed by atoms with Crippen LogP contribution in [0.1, 0.15) is 6.92 Å². The van der Waals surface area contributed by atoms with Gasteiger partial charge in [-0.15, -0.1) is 0 Å². The number of benzene rings is 1. The third-order valence-electron chi connectivity index (χ3n) is 3.23. The number of halogens is 2. The number of nitrogens with zero attached hydrogens (tertiary/aromatic N) is 1. The van der Waals surface area contributed by atoms with Crippen molar-refractivity contribution in [2.75, 3.05) is 32.8 Å². The lowest BCUT2D eigenvalue weighted by Crippen LogP contribution is -2.62. The van der Waals surface area contributed by atoms with Gasteiger partial charge in [0.1, 0.15) is 13.2 Å². The maximum atomic E-state index is 10.5. The van der Waals surface area contributed by atoms with Crippen LogP contribution in [0.2, 0.25) is 10.0 Å². The Balaban J connectivity index is 1.71. The van der Waals surface area contributed by atoms with Crippen molar-refractivity contribution >= 4 is 29.2 Å². The van der Waals surface area contributed by atoms with Crippen LogP contribution in [0.3, 0.4) is 0 Å². The second kappa shape index (κ2) is 6.83. The van der Waals surface area contributed by atoms with Gasteiger partial charge in [0.2, 0.25) is 0 Å². The minimum atomic E-state index is -0.952. The van der Waals surface area contributed by atoms with E-state index in [0.717, 1.165) is 0 Å². The predicted molar refractivity (Wildman–Crippen MR) is 80.4 cm³/mol. The molecule has 21 heavy (non-hydrogen) atoms. The van der Waals surface area contributed by atoms with Crippen molar-refractivity contribution in [3.8, 4) is 5.75 Å².